The molecule has 0 aliphatic rings. The normalized spacial score (nSPS) is 13.4. The van der Waals surface area contributed by atoms with Gasteiger partial charge in [0, 0.05) is 29.4 Å². The Labute approximate surface area is 394 Å². The molecule has 17 heteroatoms. The van der Waals surface area contributed by atoms with E-state index in [1.165, 1.54) is 18.3 Å². The first kappa shape index (κ1) is 49.9. The number of carboxylic acid groups (broad SMARTS) is 1. The molecule has 0 saturated carbocycles. The second-order valence-electron chi connectivity index (χ2n) is 15.3. The van der Waals surface area contributed by atoms with Crippen LogP contribution in [-0.4, -0.2) is 87.9 Å². The predicted octanol–water partition coefficient (Wildman–Crippen LogP) is 3.82. The standard InChI is InChI=1S/C49H49BrN6O9S/c1-30-15-21-36(22-16-30)52-48(63)42(57)29-43(58)53-38(24-23-37-14-9-25-66-37)45(60)54-40(27-34-17-19-35(50)20-18-34)47(62)55-39(26-32-10-5-3-6-11-32)46(61)51-31(2)44(59)56-41(49(64)65)28-33-12-7-4-8-13-33/h3-22,25,31,38-42,57H,26-29H2,1-2H3,(H,51,61)(H,52,63)(H,53,58)(H,54,60)(H,55,62)(H,56,59)(H,64,65). The molecule has 0 radical (unpaired) electrons. The molecule has 1 heterocycles. The van der Waals surface area contributed by atoms with E-state index in [0.717, 1.165) is 10.0 Å². The van der Waals surface area contributed by atoms with Gasteiger partial charge in [0.25, 0.3) is 11.8 Å². The highest BCUT2D eigenvalue weighted by atomic mass is 79.9. The fraction of sp³-hybridized carbons (Fsp3) is 0.245. The first-order valence-corrected chi connectivity index (χ1v) is 22.5. The minimum atomic E-state index is -1.79. The molecule has 4 aromatic carbocycles. The van der Waals surface area contributed by atoms with Crippen LogP contribution in [0.15, 0.2) is 131 Å². The van der Waals surface area contributed by atoms with Gasteiger partial charge in [-0.25, -0.2) is 4.79 Å². The summed E-state index contributed by atoms with van der Waals surface area (Å²) < 4.78 is 0.755. The van der Waals surface area contributed by atoms with Crippen molar-refractivity contribution in [1.82, 2.24) is 26.6 Å². The van der Waals surface area contributed by atoms with Crippen LogP contribution in [0.25, 0.3) is 0 Å². The van der Waals surface area contributed by atoms with Crippen molar-refractivity contribution in [3.05, 3.63) is 158 Å². The Kier molecular flexibility index (Phi) is 18.7. The van der Waals surface area contributed by atoms with Crippen molar-refractivity contribution < 1.29 is 43.8 Å². The third-order valence-electron chi connectivity index (χ3n) is 9.98. The summed E-state index contributed by atoms with van der Waals surface area (Å²) in [4.78, 5) is 94.5. The Morgan fingerprint density at radius 3 is 1.70 bits per heavy atom. The Hall–Kier alpha value is -7.13. The van der Waals surface area contributed by atoms with E-state index in [2.05, 4.69) is 59.7 Å². The molecule has 8 N–H and O–H groups in total. The zero-order valence-corrected chi connectivity index (χ0v) is 38.4. The highest BCUT2D eigenvalue weighted by Crippen LogP contribution is 2.14. The Balaban J connectivity index is 1.35. The summed E-state index contributed by atoms with van der Waals surface area (Å²) in [5.41, 5.74) is 3.31. The number of aliphatic hydroxyl groups is 1. The van der Waals surface area contributed by atoms with E-state index in [1.807, 2.05) is 6.92 Å². The molecule has 1 aromatic heterocycles. The molecule has 0 fully saturated rings. The lowest BCUT2D eigenvalue weighted by molar-refractivity contribution is -0.142. The van der Waals surface area contributed by atoms with Gasteiger partial charge in [-0.1, -0.05) is 124 Å². The number of amides is 6. The summed E-state index contributed by atoms with van der Waals surface area (Å²) in [7, 11) is 0. The number of aliphatic hydroxyl groups excluding tert-OH is 1. The molecule has 6 amide bonds. The largest absolute Gasteiger partial charge is 0.480 e. The van der Waals surface area contributed by atoms with Crippen molar-refractivity contribution in [2.75, 3.05) is 5.32 Å². The van der Waals surface area contributed by atoms with Crippen LogP contribution in [0, 0.1) is 18.8 Å². The average molecular weight is 978 g/mol. The van der Waals surface area contributed by atoms with Gasteiger partial charge >= 0.3 is 5.97 Å². The SMILES string of the molecule is Cc1ccc(NC(=O)C(O)CC(=O)NC(C#Cc2cccs2)C(=O)NC(Cc2ccc(Br)cc2)C(=O)NC(Cc2ccccc2)C(=O)NC(C)C(=O)NC(Cc2ccccc2)C(=O)O)cc1. The van der Waals surface area contributed by atoms with Crippen LogP contribution in [0.3, 0.4) is 0 Å². The van der Waals surface area contributed by atoms with E-state index in [1.54, 1.807) is 127 Å². The minimum Gasteiger partial charge on any atom is -0.480 e. The molecule has 6 unspecified atom stereocenters. The summed E-state index contributed by atoms with van der Waals surface area (Å²) in [5.74, 6) is -0.663. The molecule has 6 atom stereocenters. The van der Waals surface area contributed by atoms with E-state index in [0.29, 0.717) is 27.3 Å². The number of halogens is 1. The fourth-order valence-corrected chi connectivity index (χ4v) is 7.23. The number of nitrogens with one attached hydrogen (secondary N) is 6. The monoisotopic (exact) mass is 976 g/mol. The van der Waals surface area contributed by atoms with E-state index in [-0.39, 0.29) is 19.3 Å². The molecular formula is C49H49BrN6O9S. The first-order valence-electron chi connectivity index (χ1n) is 20.8. The number of hydrogen-bond donors (Lipinski definition) is 8. The van der Waals surface area contributed by atoms with Crippen molar-refractivity contribution >= 4 is 74.4 Å². The smallest absolute Gasteiger partial charge is 0.326 e. The van der Waals surface area contributed by atoms with Crippen LogP contribution >= 0.6 is 27.3 Å². The van der Waals surface area contributed by atoms with Crippen LogP contribution in [-0.2, 0) is 52.8 Å². The van der Waals surface area contributed by atoms with Crippen LogP contribution in [0.4, 0.5) is 5.69 Å². The molecular weight excluding hydrogens is 929 g/mol. The van der Waals surface area contributed by atoms with Gasteiger partial charge in [-0.15, -0.1) is 11.3 Å². The highest BCUT2D eigenvalue weighted by Gasteiger charge is 2.32. The van der Waals surface area contributed by atoms with E-state index in [9.17, 15) is 43.8 Å². The summed E-state index contributed by atoms with van der Waals surface area (Å²) in [5, 5.41) is 37.7. The van der Waals surface area contributed by atoms with Gasteiger partial charge in [0.15, 0.2) is 6.04 Å². The van der Waals surface area contributed by atoms with E-state index < -0.39 is 84.1 Å². The van der Waals surface area contributed by atoms with Gasteiger partial charge < -0.3 is 42.1 Å². The van der Waals surface area contributed by atoms with Crippen LogP contribution in [0.2, 0.25) is 0 Å². The number of carbonyl (C=O) groups excluding carboxylic acids is 6. The van der Waals surface area contributed by atoms with Crippen LogP contribution in [0.5, 0.6) is 0 Å². The number of anilines is 1. The topological polar surface area (TPSA) is 232 Å². The average Bonchev–Trinajstić information content (AvgIpc) is 3.83. The number of carbonyl (C=O) groups is 7. The zero-order chi connectivity index (χ0) is 47.6. The minimum absolute atomic E-state index is 0.00145. The molecule has 15 nitrogen and oxygen atoms in total. The summed E-state index contributed by atoms with van der Waals surface area (Å²) >= 11 is 4.68. The second-order valence-corrected chi connectivity index (χ2v) is 17.1. The quantitative estimate of drug-likeness (QED) is 0.0530. The maximum Gasteiger partial charge on any atom is 0.326 e. The zero-order valence-electron chi connectivity index (χ0n) is 36.0. The lowest BCUT2D eigenvalue weighted by Gasteiger charge is -2.26. The second kappa shape index (κ2) is 24.8. The van der Waals surface area contributed by atoms with Crippen molar-refractivity contribution in [3.8, 4) is 11.8 Å². The molecule has 0 bridgehead atoms. The summed E-state index contributed by atoms with van der Waals surface area (Å²) in [6, 6.07) is 27.9. The number of carboxylic acids is 1. The molecule has 0 aliphatic heterocycles. The summed E-state index contributed by atoms with van der Waals surface area (Å²) in [6.45, 7) is 3.25. The van der Waals surface area contributed by atoms with Crippen LogP contribution in [0.1, 0.15) is 40.5 Å². The van der Waals surface area contributed by atoms with Crippen molar-refractivity contribution in [2.24, 2.45) is 0 Å². The number of aliphatic carboxylic acids is 1. The van der Waals surface area contributed by atoms with Gasteiger partial charge in [0.05, 0.1) is 11.3 Å². The van der Waals surface area contributed by atoms with Gasteiger partial charge in [-0.05, 0) is 66.2 Å². The predicted molar refractivity (Wildman–Crippen MR) is 253 cm³/mol. The van der Waals surface area contributed by atoms with Gasteiger partial charge in [-0.2, -0.15) is 0 Å². The van der Waals surface area contributed by atoms with Crippen molar-refractivity contribution in [2.45, 2.75) is 75.8 Å². The number of rotatable bonds is 20. The van der Waals surface area contributed by atoms with E-state index in [4.69, 9.17) is 0 Å². The molecule has 0 spiro atoms. The van der Waals surface area contributed by atoms with Gasteiger partial charge in [0.2, 0.25) is 23.6 Å². The van der Waals surface area contributed by atoms with Gasteiger partial charge in [-0.3, -0.25) is 28.8 Å². The number of benzene rings is 4. The molecule has 5 rings (SSSR count). The molecule has 342 valence electrons. The molecule has 0 saturated heterocycles. The third kappa shape index (κ3) is 16.1. The van der Waals surface area contributed by atoms with Crippen molar-refractivity contribution in [1.29, 1.82) is 0 Å². The van der Waals surface area contributed by atoms with Crippen molar-refractivity contribution in [3.63, 3.8) is 0 Å². The number of aryl methyl sites for hydroxylation is 1. The first-order chi connectivity index (χ1) is 31.6. The Morgan fingerprint density at radius 1 is 0.606 bits per heavy atom. The highest BCUT2D eigenvalue weighted by molar-refractivity contribution is 9.10. The lowest BCUT2D eigenvalue weighted by atomic mass is 10.0. The third-order valence-corrected chi connectivity index (χ3v) is 11.3. The van der Waals surface area contributed by atoms with E-state index >= 15 is 0 Å². The van der Waals surface area contributed by atoms with Crippen LogP contribution < -0.4 is 31.9 Å². The Bertz CT molecular complexity index is 2520. The van der Waals surface area contributed by atoms with Gasteiger partial charge in [0.1, 0.15) is 30.3 Å². The fourth-order valence-electron chi connectivity index (χ4n) is 6.39. The summed E-state index contributed by atoms with van der Waals surface area (Å²) in [6.07, 6.45) is -2.63. The number of hydrogen-bond acceptors (Lipinski definition) is 9. The Morgan fingerprint density at radius 2 is 1.14 bits per heavy atom. The maximum atomic E-state index is 14.4. The molecule has 5 aromatic rings. The molecule has 66 heavy (non-hydrogen) atoms. The number of thiophene rings is 1. The molecule has 0 aliphatic carbocycles. The maximum absolute atomic E-state index is 14.4. The lowest BCUT2D eigenvalue weighted by Crippen LogP contribution is -2.59.